The fourth-order valence-corrected chi connectivity index (χ4v) is 3.19. The van der Waals surface area contributed by atoms with E-state index in [1.54, 1.807) is 13.8 Å². The number of nitrogens with two attached hydrogens (primary N) is 1. The smallest absolute Gasteiger partial charge is 0.305 e. The van der Waals surface area contributed by atoms with Crippen molar-refractivity contribution >= 4 is 41.8 Å². The van der Waals surface area contributed by atoms with Crippen molar-refractivity contribution in [3.63, 3.8) is 0 Å². The van der Waals surface area contributed by atoms with Crippen molar-refractivity contribution < 1.29 is 48.9 Å². The van der Waals surface area contributed by atoms with Crippen LogP contribution in [-0.4, -0.2) is 107 Å². The Bertz CT molecular complexity index is 881. The number of nitrogens with one attached hydrogen (secondary N) is 5. The predicted molar refractivity (Wildman–Crippen MR) is 135 cm³/mol. The summed E-state index contributed by atoms with van der Waals surface area (Å²) in [5.74, 6) is -6.33. The van der Waals surface area contributed by atoms with Crippen molar-refractivity contribution in [1.29, 1.82) is 0 Å². The lowest BCUT2D eigenvalue weighted by atomic mass is 10.0. The average Bonchev–Trinajstić information content (AvgIpc) is 2.86. The number of amides is 5. The van der Waals surface area contributed by atoms with Gasteiger partial charge in [0.25, 0.3) is 0 Å². The van der Waals surface area contributed by atoms with E-state index in [9.17, 15) is 43.8 Å². The van der Waals surface area contributed by atoms with E-state index in [-0.39, 0.29) is 5.92 Å². The number of hydrogen-bond donors (Lipinski definition) is 9. The summed E-state index contributed by atoms with van der Waals surface area (Å²) in [7, 11) is 0. The summed E-state index contributed by atoms with van der Waals surface area (Å²) in [5, 5.41) is 38.7. The zero-order valence-corrected chi connectivity index (χ0v) is 22.4. The van der Waals surface area contributed by atoms with Crippen molar-refractivity contribution in [3.05, 3.63) is 0 Å². The van der Waals surface area contributed by atoms with Crippen LogP contribution < -0.4 is 32.3 Å². The summed E-state index contributed by atoms with van der Waals surface area (Å²) in [5.41, 5.74) is 5.33. The molecule has 16 heteroatoms. The highest BCUT2D eigenvalue weighted by Gasteiger charge is 2.31. The molecule has 0 aromatic carbocycles. The van der Waals surface area contributed by atoms with Gasteiger partial charge in [-0.15, -0.1) is 0 Å². The molecule has 0 aliphatic rings. The summed E-state index contributed by atoms with van der Waals surface area (Å²) >= 11 is 0. The van der Waals surface area contributed by atoms with E-state index < -0.39 is 97.8 Å². The van der Waals surface area contributed by atoms with Crippen LogP contribution in [0, 0.1) is 11.8 Å². The summed E-state index contributed by atoms with van der Waals surface area (Å²) in [6, 6.07) is -6.46. The van der Waals surface area contributed by atoms with Crippen molar-refractivity contribution in [3.8, 4) is 0 Å². The van der Waals surface area contributed by atoms with Gasteiger partial charge in [-0.05, 0) is 18.3 Å². The molecular weight excluding hydrogens is 520 g/mol. The van der Waals surface area contributed by atoms with Crippen LogP contribution in [0.2, 0.25) is 0 Å². The second kappa shape index (κ2) is 17.8. The normalized spacial score (nSPS) is 14.8. The maximum Gasteiger partial charge on any atom is 0.305 e. The van der Waals surface area contributed by atoms with E-state index in [0.29, 0.717) is 12.7 Å². The number of aliphatic carboxylic acids is 1. The van der Waals surface area contributed by atoms with Crippen LogP contribution in [-0.2, 0) is 33.6 Å². The van der Waals surface area contributed by atoms with Crippen LogP contribution in [0.1, 0.15) is 40.5 Å². The molecule has 39 heavy (non-hydrogen) atoms. The second-order valence-corrected chi connectivity index (χ2v) is 9.58. The van der Waals surface area contributed by atoms with Crippen molar-refractivity contribution in [2.24, 2.45) is 17.6 Å². The number of carbonyl (C=O) groups is 7. The first-order valence-corrected chi connectivity index (χ1v) is 12.3. The third-order valence-corrected chi connectivity index (χ3v) is 5.27. The molecule has 0 aliphatic heterocycles. The Hall–Kier alpha value is -3.63. The van der Waals surface area contributed by atoms with E-state index in [1.807, 2.05) is 13.8 Å². The van der Waals surface area contributed by atoms with E-state index >= 15 is 0 Å². The number of rotatable bonds is 18. The number of aliphatic hydroxyl groups is 2. The maximum absolute atomic E-state index is 12.9. The molecule has 0 rings (SSSR count). The van der Waals surface area contributed by atoms with Gasteiger partial charge in [0.05, 0.1) is 32.2 Å². The predicted octanol–water partition coefficient (Wildman–Crippen LogP) is -4.27. The number of aliphatic hydroxyl groups excluding tert-OH is 2. The monoisotopic (exact) mass is 560 g/mol. The average molecular weight is 561 g/mol. The molecule has 16 nitrogen and oxygen atoms in total. The SMILES string of the molecule is CC(C)C[C@@H](C=O)NC(=O)[C@H](CC(=O)O)NC(=O)[C@@H](NC(=O)CNC(=O)[C@H](CO)NC(=O)[C@@H](N)CO)C(C)C. The van der Waals surface area contributed by atoms with E-state index in [2.05, 4.69) is 26.6 Å². The minimum atomic E-state index is -1.54. The van der Waals surface area contributed by atoms with Gasteiger partial charge in [0, 0.05) is 0 Å². The quantitative estimate of drug-likeness (QED) is 0.0724. The molecule has 0 bridgehead atoms. The van der Waals surface area contributed by atoms with E-state index in [1.165, 1.54) is 0 Å². The van der Waals surface area contributed by atoms with Crippen LogP contribution in [0.4, 0.5) is 0 Å². The van der Waals surface area contributed by atoms with Crippen LogP contribution in [0.5, 0.6) is 0 Å². The van der Waals surface area contributed by atoms with Gasteiger partial charge in [-0.2, -0.15) is 0 Å². The van der Waals surface area contributed by atoms with Crippen LogP contribution in [0.15, 0.2) is 0 Å². The minimum absolute atomic E-state index is 0.0519. The standard InChI is InChI=1S/C23H40N6O10/c1-11(2)5-13(8-30)26-22(38)15(6-18(34)35)27-23(39)19(12(3)4)29-17(33)7-25-21(37)16(10-32)28-20(36)14(24)9-31/h8,11-16,19,31-32H,5-7,9-10,24H2,1-4H3,(H,25,37)(H,26,38)(H,27,39)(H,28,36)(H,29,33)(H,34,35)/t13-,14-,15-,16-,19-/m0/s1. The molecule has 0 saturated carbocycles. The third-order valence-electron chi connectivity index (χ3n) is 5.27. The molecule has 5 amide bonds. The Morgan fingerprint density at radius 1 is 0.795 bits per heavy atom. The highest BCUT2D eigenvalue weighted by molar-refractivity contribution is 5.96. The first kappa shape index (κ1) is 35.4. The molecule has 0 unspecified atom stereocenters. The molecule has 0 aromatic rings. The molecule has 222 valence electrons. The molecule has 0 fully saturated rings. The number of carboxylic acids is 1. The number of carbonyl (C=O) groups excluding carboxylic acids is 6. The van der Waals surface area contributed by atoms with E-state index in [4.69, 9.17) is 10.8 Å². The lowest BCUT2D eigenvalue weighted by Crippen LogP contribution is -2.58. The van der Waals surface area contributed by atoms with Gasteiger partial charge in [-0.3, -0.25) is 28.8 Å². The number of aldehydes is 1. The van der Waals surface area contributed by atoms with Crippen LogP contribution >= 0.6 is 0 Å². The fourth-order valence-electron chi connectivity index (χ4n) is 3.19. The van der Waals surface area contributed by atoms with E-state index in [0.717, 1.165) is 0 Å². The topological polar surface area (TPSA) is 266 Å². The lowest BCUT2D eigenvalue weighted by Gasteiger charge is -2.26. The minimum Gasteiger partial charge on any atom is -0.481 e. The Balaban J connectivity index is 5.28. The molecule has 0 radical (unpaired) electrons. The largest absolute Gasteiger partial charge is 0.481 e. The Morgan fingerprint density at radius 2 is 1.38 bits per heavy atom. The molecule has 10 N–H and O–H groups in total. The Kier molecular flexibility index (Phi) is 16.1. The maximum atomic E-state index is 12.9. The van der Waals surface area contributed by atoms with Crippen molar-refractivity contribution in [2.45, 2.75) is 70.7 Å². The summed E-state index contributed by atoms with van der Waals surface area (Å²) < 4.78 is 0. The summed E-state index contributed by atoms with van der Waals surface area (Å²) in [6.45, 7) is 4.60. The second-order valence-electron chi connectivity index (χ2n) is 9.58. The van der Waals surface area contributed by atoms with Gasteiger partial charge in [-0.1, -0.05) is 27.7 Å². The molecule has 5 atom stereocenters. The highest BCUT2D eigenvalue weighted by Crippen LogP contribution is 2.06. The Labute approximate surface area is 225 Å². The van der Waals surface area contributed by atoms with Crippen molar-refractivity contribution in [1.82, 2.24) is 26.6 Å². The van der Waals surface area contributed by atoms with Gasteiger partial charge in [0.1, 0.15) is 30.5 Å². The molecule has 0 aliphatic carbocycles. The van der Waals surface area contributed by atoms with Gasteiger partial charge < -0.3 is 52.4 Å². The lowest BCUT2D eigenvalue weighted by molar-refractivity contribution is -0.141. The van der Waals surface area contributed by atoms with Crippen LogP contribution in [0.3, 0.4) is 0 Å². The molecule has 0 saturated heterocycles. The highest BCUT2D eigenvalue weighted by atomic mass is 16.4. The van der Waals surface area contributed by atoms with Crippen molar-refractivity contribution in [2.75, 3.05) is 19.8 Å². The molecule has 0 spiro atoms. The number of hydrogen-bond acceptors (Lipinski definition) is 10. The van der Waals surface area contributed by atoms with Gasteiger partial charge in [0.15, 0.2) is 0 Å². The van der Waals surface area contributed by atoms with Gasteiger partial charge in [0.2, 0.25) is 29.5 Å². The third kappa shape index (κ3) is 13.6. The molecule has 0 aromatic heterocycles. The Morgan fingerprint density at radius 3 is 1.85 bits per heavy atom. The molecule has 0 heterocycles. The van der Waals surface area contributed by atoms with Gasteiger partial charge in [-0.25, -0.2) is 0 Å². The fraction of sp³-hybridized carbons (Fsp3) is 0.696. The first-order valence-electron chi connectivity index (χ1n) is 12.3. The first-order chi connectivity index (χ1) is 18.2. The summed E-state index contributed by atoms with van der Waals surface area (Å²) in [4.78, 5) is 84.4. The zero-order chi connectivity index (χ0) is 30.3. The van der Waals surface area contributed by atoms with Gasteiger partial charge >= 0.3 is 5.97 Å². The molecular formula is C23H40N6O10. The zero-order valence-electron chi connectivity index (χ0n) is 22.4. The summed E-state index contributed by atoms with van der Waals surface area (Å²) in [6.07, 6.45) is 0.0268. The van der Waals surface area contributed by atoms with Crippen LogP contribution in [0.25, 0.3) is 0 Å². The number of carboxylic acid groups (broad SMARTS) is 1.